The molecule has 0 spiro atoms. The van der Waals surface area contributed by atoms with Crippen LogP contribution in [0.25, 0.3) is 10.1 Å². The van der Waals surface area contributed by atoms with Gasteiger partial charge in [-0.1, -0.05) is 37.3 Å². The normalized spacial score (nSPS) is 10.9. The summed E-state index contributed by atoms with van der Waals surface area (Å²) in [5, 5.41) is 10.9. The van der Waals surface area contributed by atoms with Gasteiger partial charge in [-0.3, -0.25) is 4.90 Å². The molecule has 0 unspecified atom stereocenters. The van der Waals surface area contributed by atoms with E-state index >= 15 is 0 Å². The molecular weight excluding hydrogens is 406 g/mol. The number of thiophene rings is 1. The van der Waals surface area contributed by atoms with Crippen LogP contribution in [0.3, 0.4) is 0 Å². The summed E-state index contributed by atoms with van der Waals surface area (Å²) < 4.78 is 1.35. The highest BCUT2D eigenvalue weighted by Gasteiger charge is 2.08. The average molecular weight is 438 g/mol. The Morgan fingerprint density at radius 3 is 2.23 bits per heavy atom. The van der Waals surface area contributed by atoms with Gasteiger partial charge in [0.15, 0.2) is 0 Å². The molecule has 8 heteroatoms. The van der Waals surface area contributed by atoms with Gasteiger partial charge < -0.3 is 16.0 Å². The molecule has 7 nitrogen and oxygen atoms in total. The van der Waals surface area contributed by atoms with E-state index in [1.807, 2.05) is 11.3 Å². The van der Waals surface area contributed by atoms with Crippen molar-refractivity contribution in [1.82, 2.24) is 19.9 Å². The van der Waals surface area contributed by atoms with Gasteiger partial charge in [-0.2, -0.15) is 15.0 Å². The second kappa shape index (κ2) is 12.0. The largest absolute Gasteiger partial charge is 0.354 e. The molecule has 31 heavy (non-hydrogen) atoms. The average Bonchev–Trinajstić information content (AvgIpc) is 3.20. The number of nitrogens with one attached hydrogen (secondary N) is 3. The molecule has 0 aliphatic heterocycles. The monoisotopic (exact) mass is 437 g/mol. The van der Waals surface area contributed by atoms with Crippen molar-refractivity contribution in [3.05, 3.63) is 60.5 Å². The molecule has 0 fully saturated rings. The molecule has 164 valence electrons. The minimum atomic E-state index is 0.518. The molecule has 1 aromatic carbocycles. The Balaban J connectivity index is 1.51. The van der Waals surface area contributed by atoms with Crippen LogP contribution in [0, 0.1) is 0 Å². The Hall–Kier alpha value is -2.97. The predicted octanol–water partition coefficient (Wildman–Crippen LogP) is 4.61. The SMILES string of the molecule is C=CCNc1nc(NCC=C)nc(NCCCN(CC)Cc2cc3ccccc3s2)n1. The summed E-state index contributed by atoms with van der Waals surface area (Å²) in [6.07, 6.45) is 4.53. The number of fused-ring (bicyclic) bond motifs is 1. The van der Waals surface area contributed by atoms with Crippen molar-refractivity contribution in [3.8, 4) is 0 Å². The molecule has 0 saturated carbocycles. The van der Waals surface area contributed by atoms with Crippen molar-refractivity contribution in [2.75, 3.05) is 48.7 Å². The van der Waals surface area contributed by atoms with E-state index in [1.54, 1.807) is 12.2 Å². The van der Waals surface area contributed by atoms with Gasteiger partial charge in [0, 0.05) is 42.3 Å². The number of anilines is 3. The van der Waals surface area contributed by atoms with Gasteiger partial charge >= 0.3 is 0 Å². The van der Waals surface area contributed by atoms with Gasteiger partial charge in [-0.05, 0) is 30.5 Å². The van der Waals surface area contributed by atoms with E-state index in [2.05, 4.69) is 86.2 Å². The third kappa shape index (κ3) is 7.04. The third-order valence-electron chi connectivity index (χ3n) is 4.68. The van der Waals surface area contributed by atoms with Crippen molar-refractivity contribution < 1.29 is 0 Å². The molecule has 3 aromatic rings. The minimum Gasteiger partial charge on any atom is -0.354 e. The zero-order valence-electron chi connectivity index (χ0n) is 18.1. The Bertz CT molecular complexity index is 922. The van der Waals surface area contributed by atoms with Crippen LogP contribution in [0.5, 0.6) is 0 Å². The molecule has 0 aliphatic rings. The number of hydrogen-bond donors (Lipinski definition) is 3. The van der Waals surface area contributed by atoms with Gasteiger partial charge in [0.25, 0.3) is 0 Å². The highest BCUT2D eigenvalue weighted by Crippen LogP contribution is 2.26. The number of nitrogens with zero attached hydrogens (tertiary/aromatic N) is 4. The molecule has 3 N–H and O–H groups in total. The summed E-state index contributed by atoms with van der Waals surface area (Å²) in [5.41, 5.74) is 0. The first-order chi connectivity index (χ1) is 15.2. The maximum absolute atomic E-state index is 4.44. The van der Waals surface area contributed by atoms with Gasteiger partial charge in [0.2, 0.25) is 17.8 Å². The van der Waals surface area contributed by atoms with Crippen LogP contribution in [0.1, 0.15) is 18.2 Å². The number of benzene rings is 1. The van der Waals surface area contributed by atoms with Crippen molar-refractivity contribution in [2.24, 2.45) is 0 Å². The van der Waals surface area contributed by atoms with Crippen molar-refractivity contribution in [3.63, 3.8) is 0 Å². The smallest absolute Gasteiger partial charge is 0.229 e. The Labute approximate surface area is 188 Å². The second-order valence-corrected chi connectivity index (χ2v) is 8.21. The maximum atomic E-state index is 4.44. The van der Waals surface area contributed by atoms with E-state index in [0.29, 0.717) is 30.9 Å². The molecule has 0 radical (unpaired) electrons. The van der Waals surface area contributed by atoms with E-state index in [1.165, 1.54) is 15.0 Å². The van der Waals surface area contributed by atoms with Gasteiger partial charge in [-0.15, -0.1) is 24.5 Å². The summed E-state index contributed by atoms with van der Waals surface area (Å²) in [7, 11) is 0. The zero-order valence-corrected chi connectivity index (χ0v) is 18.9. The first-order valence-corrected chi connectivity index (χ1v) is 11.4. The first kappa shape index (κ1) is 22.7. The maximum Gasteiger partial charge on any atom is 0.229 e. The second-order valence-electron chi connectivity index (χ2n) is 7.05. The van der Waals surface area contributed by atoms with E-state index < -0.39 is 0 Å². The Morgan fingerprint density at radius 1 is 0.968 bits per heavy atom. The van der Waals surface area contributed by atoms with Crippen LogP contribution in [-0.4, -0.2) is 52.6 Å². The van der Waals surface area contributed by atoms with Crippen molar-refractivity contribution >= 4 is 39.3 Å². The fourth-order valence-electron chi connectivity index (χ4n) is 3.13. The summed E-state index contributed by atoms with van der Waals surface area (Å²) in [5.74, 6) is 1.59. The highest BCUT2D eigenvalue weighted by molar-refractivity contribution is 7.19. The van der Waals surface area contributed by atoms with E-state index in [9.17, 15) is 0 Å². The van der Waals surface area contributed by atoms with Gasteiger partial charge in [0.1, 0.15) is 0 Å². The lowest BCUT2D eigenvalue weighted by molar-refractivity contribution is 0.281. The summed E-state index contributed by atoms with van der Waals surface area (Å²) in [6, 6.07) is 10.9. The highest BCUT2D eigenvalue weighted by atomic mass is 32.1. The van der Waals surface area contributed by atoms with Crippen LogP contribution in [0.4, 0.5) is 17.8 Å². The molecule has 0 atom stereocenters. The number of rotatable bonds is 14. The molecule has 2 aromatic heterocycles. The van der Waals surface area contributed by atoms with E-state index in [0.717, 1.165) is 32.6 Å². The Kier molecular flexibility index (Phi) is 8.81. The van der Waals surface area contributed by atoms with Crippen molar-refractivity contribution in [1.29, 1.82) is 0 Å². The molecule has 0 bridgehead atoms. The summed E-state index contributed by atoms with van der Waals surface area (Å²) >= 11 is 1.88. The molecule has 3 rings (SSSR count). The van der Waals surface area contributed by atoms with Crippen LogP contribution in [0.2, 0.25) is 0 Å². The molecule has 0 aliphatic carbocycles. The quantitative estimate of drug-likeness (QED) is 0.251. The minimum absolute atomic E-state index is 0.518. The lowest BCUT2D eigenvalue weighted by Gasteiger charge is -2.19. The molecule has 0 saturated heterocycles. The fourth-order valence-corrected chi connectivity index (χ4v) is 4.23. The Morgan fingerprint density at radius 2 is 1.61 bits per heavy atom. The lowest BCUT2D eigenvalue weighted by Crippen LogP contribution is -2.25. The summed E-state index contributed by atoms with van der Waals surface area (Å²) in [4.78, 5) is 17.1. The lowest BCUT2D eigenvalue weighted by atomic mass is 10.2. The van der Waals surface area contributed by atoms with Crippen LogP contribution in [-0.2, 0) is 6.54 Å². The summed E-state index contributed by atoms with van der Waals surface area (Å²) in [6.45, 7) is 14.6. The predicted molar refractivity (Wildman–Crippen MR) is 133 cm³/mol. The standard InChI is InChI=1S/C23H31N7S/c1-4-12-24-21-27-22(25-13-5-2)29-23(28-21)26-14-9-15-30(6-3)17-19-16-18-10-7-8-11-20(18)31-19/h4-5,7-8,10-11,16H,1-2,6,9,12-15,17H2,3H3,(H3,24,25,26,27,28,29). The molecule has 2 heterocycles. The van der Waals surface area contributed by atoms with Gasteiger partial charge in [0.05, 0.1) is 0 Å². The van der Waals surface area contributed by atoms with E-state index in [-0.39, 0.29) is 0 Å². The molecule has 0 amide bonds. The third-order valence-corrected chi connectivity index (χ3v) is 5.78. The molecular formula is C23H31N7S. The van der Waals surface area contributed by atoms with Crippen LogP contribution in [0.15, 0.2) is 55.6 Å². The number of hydrogen-bond acceptors (Lipinski definition) is 8. The van der Waals surface area contributed by atoms with Crippen molar-refractivity contribution in [2.45, 2.75) is 19.9 Å². The fraction of sp³-hybridized carbons (Fsp3) is 0.348. The number of aromatic nitrogens is 3. The first-order valence-electron chi connectivity index (χ1n) is 10.6. The topological polar surface area (TPSA) is 78.0 Å². The zero-order chi connectivity index (χ0) is 21.9. The van der Waals surface area contributed by atoms with Gasteiger partial charge in [-0.25, -0.2) is 0 Å². The van der Waals surface area contributed by atoms with Crippen LogP contribution < -0.4 is 16.0 Å². The van der Waals surface area contributed by atoms with Crippen LogP contribution >= 0.6 is 11.3 Å². The van der Waals surface area contributed by atoms with E-state index in [4.69, 9.17) is 0 Å².